The van der Waals surface area contributed by atoms with Crippen LogP contribution in [0.15, 0.2) is 18.6 Å². The quantitative estimate of drug-likeness (QED) is 0.919. The molecule has 0 aliphatic carbocycles. The molecule has 2 heterocycles. The van der Waals surface area contributed by atoms with Crippen molar-refractivity contribution < 1.29 is 14.3 Å². The average Bonchev–Trinajstić information content (AvgIpc) is 2.52. The first-order valence-corrected chi connectivity index (χ1v) is 7.87. The molecule has 0 bridgehead atoms. The van der Waals surface area contributed by atoms with E-state index in [0.717, 1.165) is 12.8 Å². The number of carbonyl (C=O) groups is 2. The van der Waals surface area contributed by atoms with Crippen LogP contribution in [0, 0.1) is 5.92 Å². The minimum atomic E-state index is -0.496. The summed E-state index contributed by atoms with van der Waals surface area (Å²) in [4.78, 5) is 33.6. The van der Waals surface area contributed by atoms with Crippen LogP contribution in [0.5, 0.6) is 0 Å². The van der Waals surface area contributed by atoms with Gasteiger partial charge in [-0.1, -0.05) is 0 Å². The molecule has 126 valence electrons. The van der Waals surface area contributed by atoms with Crippen molar-refractivity contribution in [1.29, 1.82) is 0 Å². The summed E-state index contributed by atoms with van der Waals surface area (Å²) in [5.74, 6) is -0.0237. The highest BCUT2D eigenvalue weighted by Gasteiger charge is 2.27. The van der Waals surface area contributed by atoms with Gasteiger partial charge in [0.1, 0.15) is 11.3 Å². The van der Waals surface area contributed by atoms with E-state index in [2.05, 4.69) is 15.3 Å². The van der Waals surface area contributed by atoms with Crippen molar-refractivity contribution in [2.24, 2.45) is 5.92 Å². The number of amides is 2. The molecule has 1 aromatic heterocycles. The molecule has 23 heavy (non-hydrogen) atoms. The number of hydrogen-bond acceptors (Lipinski definition) is 5. The van der Waals surface area contributed by atoms with Crippen molar-refractivity contribution in [3.8, 4) is 0 Å². The lowest BCUT2D eigenvalue weighted by molar-refractivity contribution is 0.0167. The highest BCUT2D eigenvalue weighted by Crippen LogP contribution is 2.18. The lowest BCUT2D eigenvalue weighted by Gasteiger charge is -2.34. The van der Waals surface area contributed by atoms with Gasteiger partial charge < -0.3 is 15.0 Å². The van der Waals surface area contributed by atoms with Gasteiger partial charge in [0.05, 0.1) is 6.20 Å². The topological polar surface area (TPSA) is 84.4 Å². The van der Waals surface area contributed by atoms with Crippen molar-refractivity contribution in [2.75, 3.05) is 19.6 Å². The largest absolute Gasteiger partial charge is 0.444 e. The van der Waals surface area contributed by atoms with Gasteiger partial charge in [0.2, 0.25) is 0 Å². The van der Waals surface area contributed by atoms with Gasteiger partial charge in [-0.15, -0.1) is 0 Å². The molecule has 1 aromatic rings. The number of rotatable bonds is 3. The predicted octanol–water partition coefficient (Wildman–Crippen LogP) is 1.85. The lowest BCUT2D eigenvalue weighted by atomic mass is 9.98. The maximum absolute atomic E-state index is 12.1. The third kappa shape index (κ3) is 5.50. The summed E-state index contributed by atoms with van der Waals surface area (Å²) in [6.07, 6.45) is 6.03. The molecule has 1 aliphatic rings. The Bertz CT molecular complexity index is 542. The maximum atomic E-state index is 12.1. The summed E-state index contributed by atoms with van der Waals surface area (Å²) in [7, 11) is 0. The van der Waals surface area contributed by atoms with E-state index in [9.17, 15) is 9.59 Å². The summed E-state index contributed by atoms with van der Waals surface area (Å²) in [6.45, 7) is 7.36. The van der Waals surface area contributed by atoms with E-state index in [0.29, 0.717) is 25.3 Å². The molecule has 1 unspecified atom stereocenters. The summed E-state index contributed by atoms with van der Waals surface area (Å²) < 4.78 is 5.40. The van der Waals surface area contributed by atoms with E-state index in [1.807, 2.05) is 20.8 Å². The van der Waals surface area contributed by atoms with Gasteiger partial charge in [-0.05, 0) is 39.5 Å². The Labute approximate surface area is 136 Å². The van der Waals surface area contributed by atoms with Crippen LogP contribution < -0.4 is 5.32 Å². The first-order chi connectivity index (χ1) is 10.8. The van der Waals surface area contributed by atoms with Gasteiger partial charge in [-0.25, -0.2) is 9.78 Å². The third-order valence-corrected chi connectivity index (χ3v) is 3.52. The summed E-state index contributed by atoms with van der Waals surface area (Å²) in [6, 6.07) is 0. The predicted molar refractivity (Wildman–Crippen MR) is 84.9 cm³/mol. The second-order valence-corrected chi connectivity index (χ2v) is 6.74. The van der Waals surface area contributed by atoms with Crippen LogP contribution in [0.2, 0.25) is 0 Å². The first kappa shape index (κ1) is 17.2. The van der Waals surface area contributed by atoms with Crippen LogP contribution in [0.3, 0.4) is 0 Å². The van der Waals surface area contributed by atoms with Crippen LogP contribution >= 0.6 is 0 Å². The second-order valence-electron chi connectivity index (χ2n) is 6.74. The van der Waals surface area contributed by atoms with Gasteiger partial charge in [-0.2, -0.15) is 0 Å². The molecule has 1 fully saturated rings. The van der Waals surface area contributed by atoms with Gasteiger partial charge in [0.25, 0.3) is 5.91 Å². The van der Waals surface area contributed by atoms with Crippen molar-refractivity contribution >= 4 is 12.0 Å². The Morgan fingerprint density at radius 1 is 1.39 bits per heavy atom. The Balaban J connectivity index is 1.82. The number of nitrogens with one attached hydrogen (secondary N) is 1. The summed E-state index contributed by atoms with van der Waals surface area (Å²) in [5.41, 5.74) is -0.197. The molecule has 7 nitrogen and oxygen atoms in total. The molecule has 1 N–H and O–H groups in total. The zero-order valence-electron chi connectivity index (χ0n) is 13.9. The maximum Gasteiger partial charge on any atom is 0.410 e. The van der Waals surface area contributed by atoms with Gasteiger partial charge >= 0.3 is 6.09 Å². The Morgan fingerprint density at radius 3 is 2.83 bits per heavy atom. The SMILES string of the molecule is CC(C)(C)OC(=O)N1CCCC(CNC(=O)c2cnccn2)C1. The zero-order valence-corrected chi connectivity index (χ0v) is 13.9. The van der Waals surface area contributed by atoms with Crippen LogP contribution in [0.25, 0.3) is 0 Å². The number of aromatic nitrogens is 2. The molecule has 1 aliphatic heterocycles. The molecule has 0 aromatic carbocycles. The van der Waals surface area contributed by atoms with Crippen LogP contribution in [-0.2, 0) is 4.74 Å². The monoisotopic (exact) mass is 320 g/mol. The molecule has 1 atom stereocenters. The summed E-state index contributed by atoms with van der Waals surface area (Å²) >= 11 is 0. The molecule has 0 radical (unpaired) electrons. The standard InChI is InChI=1S/C16H24N4O3/c1-16(2,3)23-15(22)20-8-4-5-12(11-20)9-19-14(21)13-10-17-6-7-18-13/h6-7,10,12H,4-5,8-9,11H2,1-3H3,(H,19,21). The van der Waals surface area contributed by atoms with E-state index in [1.165, 1.54) is 18.6 Å². The molecule has 1 saturated heterocycles. The molecule has 0 saturated carbocycles. The third-order valence-electron chi connectivity index (χ3n) is 3.52. The van der Waals surface area contributed by atoms with Gasteiger partial charge in [0, 0.05) is 32.0 Å². The van der Waals surface area contributed by atoms with E-state index < -0.39 is 5.60 Å². The van der Waals surface area contributed by atoms with E-state index >= 15 is 0 Å². The number of carbonyl (C=O) groups excluding carboxylic acids is 2. The highest BCUT2D eigenvalue weighted by atomic mass is 16.6. The number of nitrogens with zero attached hydrogens (tertiary/aromatic N) is 3. The molecule has 0 spiro atoms. The minimum absolute atomic E-state index is 0.219. The van der Waals surface area contributed by atoms with Crippen molar-refractivity contribution in [3.63, 3.8) is 0 Å². The van der Waals surface area contributed by atoms with Crippen molar-refractivity contribution in [1.82, 2.24) is 20.2 Å². The molecule has 2 amide bonds. The fourth-order valence-electron chi connectivity index (χ4n) is 2.47. The Morgan fingerprint density at radius 2 is 2.17 bits per heavy atom. The van der Waals surface area contributed by atoms with Crippen molar-refractivity contribution in [2.45, 2.75) is 39.2 Å². The molecule has 2 rings (SSSR count). The first-order valence-electron chi connectivity index (χ1n) is 7.87. The second kappa shape index (κ2) is 7.39. The van der Waals surface area contributed by atoms with E-state index in [4.69, 9.17) is 4.74 Å². The number of ether oxygens (including phenoxy) is 1. The fourth-order valence-corrected chi connectivity index (χ4v) is 2.47. The van der Waals surface area contributed by atoms with Gasteiger partial charge in [-0.3, -0.25) is 9.78 Å². The van der Waals surface area contributed by atoms with Gasteiger partial charge in [0.15, 0.2) is 0 Å². The lowest BCUT2D eigenvalue weighted by Crippen LogP contribution is -2.45. The number of hydrogen-bond donors (Lipinski definition) is 1. The zero-order chi connectivity index (χ0) is 16.9. The normalized spacial score (nSPS) is 18.4. The van der Waals surface area contributed by atoms with Crippen LogP contribution in [0.1, 0.15) is 44.1 Å². The molecule has 7 heteroatoms. The Kier molecular flexibility index (Phi) is 5.52. The molecular weight excluding hydrogens is 296 g/mol. The number of likely N-dealkylation sites (tertiary alicyclic amines) is 1. The molecular formula is C16H24N4O3. The van der Waals surface area contributed by atoms with Crippen LogP contribution in [0.4, 0.5) is 4.79 Å². The highest BCUT2D eigenvalue weighted by molar-refractivity contribution is 5.91. The Hall–Kier alpha value is -2.18. The van der Waals surface area contributed by atoms with E-state index in [1.54, 1.807) is 4.90 Å². The smallest absolute Gasteiger partial charge is 0.410 e. The van der Waals surface area contributed by atoms with E-state index in [-0.39, 0.29) is 17.9 Å². The number of piperidine rings is 1. The average molecular weight is 320 g/mol. The van der Waals surface area contributed by atoms with Crippen LogP contribution in [-0.4, -0.2) is 52.1 Å². The fraction of sp³-hybridized carbons (Fsp3) is 0.625. The van der Waals surface area contributed by atoms with Crippen molar-refractivity contribution in [3.05, 3.63) is 24.3 Å². The minimum Gasteiger partial charge on any atom is -0.444 e. The summed E-state index contributed by atoms with van der Waals surface area (Å²) in [5, 5.41) is 2.86.